The molecule has 0 unspecified atom stereocenters. The van der Waals surface area contributed by atoms with Gasteiger partial charge in [0.15, 0.2) is 0 Å². The summed E-state index contributed by atoms with van der Waals surface area (Å²) in [7, 11) is 0. The van der Waals surface area contributed by atoms with Crippen LogP contribution in [0.2, 0.25) is 5.02 Å². The van der Waals surface area contributed by atoms with Crippen molar-refractivity contribution in [3.8, 4) is 0 Å². The first kappa shape index (κ1) is 14.6. The molecule has 0 fully saturated rings. The number of rotatable bonds is 2. The molecule has 1 aromatic carbocycles. The van der Waals surface area contributed by atoms with E-state index in [1.807, 2.05) is 39.0 Å². The van der Waals surface area contributed by atoms with Crippen LogP contribution < -0.4 is 5.32 Å². The number of alkyl carbamates (subject to hydrolysis) is 1. The maximum Gasteiger partial charge on any atom is 0.407 e. The lowest BCUT2D eigenvalue weighted by Crippen LogP contribution is -2.32. The van der Waals surface area contributed by atoms with Gasteiger partial charge in [0.25, 0.3) is 0 Å². The maximum atomic E-state index is 11.4. The zero-order valence-electron chi connectivity index (χ0n) is 10.0. The number of carbonyl (C=O) groups excluding carboxylic acids is 1. The van der Waals surface area contributed by atoms with E-state index < -0.39 is 11.7 Å². The molecule has 3 nitrogen and oxygen atoms in total. The predicted octanol–water partition coefficient (Wildman–Crippen LogP) is 3.97. The first-order chi connectivity index (χ1) is 7.79. The summed E-state index contributed by atoms with van der Waals surface area (Å²) in [5.74, 6) is 0. The maximum absolute atomic E-state index is 11.4. The fourth-order valence-corrected chi connectivity index (χ4v) is 1.91. The number of hydrogen-bond acceptors (Lipinski definition) is 2. The van der Waals surface area contributed by atoms with Crippen LogP contribution in [0.1, 0.15) is 26.3 Å². The number of carbonyl (C=O) groups is 1. The summed E-state index contributed by atoms with van der Waals surface area (Å²) in [4.78, 5) is 11.4. The lowest BCUT2D eigenvalue weighted by molar-refractivity contribution is 0.0523. The zero-order chi connectivity index (χ0) is 13.1. The van der Waals surface area contributed by atoms with E-state index in [1.54, 1.807) is 0 Å². The number of hydrogen-bond donors (Lipinski definition) is 1. The molecule has 0 aliphatic rings. The lowest BCUT2D eigenvalue weighted by atomic mass is 10.2. The molecule has 5 heteroatoms. The summed E-state index contributed by atoms with van der Waals surface area (Å²) < 4.78 is 6.10. The second kappa shape index (κ2) is 5.91. The molecule has 1 aromatic rings. The van der Waals surface area contributed by atoms with Crippen LogP contribution in [0.15, 0.2) is 18.2 Å². The molecule has 0 atom stereocenters. The van der Waals surface area contributed by atoms with Gasteiger partial charge in [0.1, 0.15) is 5.60 Å². The minimum absolute atomic E-state index is 0.366. The monoisotopic (exact) mass is 367 g/mol. The summed E-state index contributed by atoms with van der Waals surface area (Å²) in [6.07, 6.45) is -0.438. The van der Waals surface area contributed by atoms with Crippen molar-refractivity contribution in [2.45, 2.75) is 32.9 Å². The van der Waals surface area contributed by atoms with Crippen molar-refractivity contribution in [3.05, 3.63) is 32.4 Å². The highest BCUT2D eigenvalue weighted by Crippen LogP contribution is 2.22. The first-order valence-electron chi connectivity index (χ1n) is 5.19. The van der Waals surface area contributed by atoms with Gasteiger partial charge in [-0.2, -0.15) is 0 Å². The highest BCUT2D eigenvalue weighted by atomic mass is 127. The number of halogens is 2. The Kier molecular flexibility index (Phi) is 5.06. The fourth-order valence-electron chi connectivity index (χ4n) is 1.17. The van der Waals surface area contributed by atoms with Gasteiger partial charge in [-0.3, -0.25) is 0 Å². The van der Waals surface area contributed by atoms with Crippen molar-refractivity contribution in [3.63, 3.8) is 0 Å². The topological polar surface area (TPSA) is 38.3 Å². The molecule has 0 saturated heterocycles. The Morgan fingerprint density at radius 1 is 1.47 bits per heavy atom. The van der Waals surface area contributed by atoms with Gasteiger partial charge < -0.3 is 10.1 Å². The Hall–Kier alpha value is -0.490. The fraction of sp³-hybridized carbons (Fsp3) is 0.417. The van der Waals surface area contributed by atoms with Crippen molar-refractivity contribution >= 4 is 40.3 Å². The van der Waals surface area contributed by atoms with Crippen LogP contribution in [0.4, 0.5) is 4.79 Å². The summed E-state index contributed by atoms with van der Waals surface area (Å²) in [5.41, 5.74) is 0.392. The van der Waals surface area contributed by atoms with Crippen LogP contribution >= 0.6 is 34.2 Å². The van der Waals surface area contributed by atoms with Crippen molar-refractivity contribution < 1.29 is 9.53 Å². The molecular weight excluding hydrogens is 352 g/mol. The second-order valence-corrected chi connectivity index (χ2v) is 6.11. The second-order valence-electron chi connectivity index (χ2n) is 4.57. The number of ether oxygens (including phenoxy) is 1. The molecule has 0 aliphatic heterocycles. The van der Waals surface area contributed by atoms with Crippen molar-refractivity contribution in [1.29, 1.82) is 0 Å². The van der Waals surface area contributed by atoms with Gasteiger partial charge in [-0.25, -0.2) is 4.79 Å². The van der Waals surface area contributed by atoms with Crippen molar-refractivity contribution in [2.75, 3.05) is 0 Å². The third-order valence-electron chi connectivity index (χ3n) is 1.85. The quantitative estimate of drug-likeness (QED) is 0.803. The number of amides is 1. The Labute approximate surface area is 120 Å². The van der Waals surface area contributed by atoms with E-state index in [9.17, 15) is 4.79 Å². The van der Waals surface area contributed by atoms with Crippen LogP contribution in [-0.2, 0) is 11.3 Å². The van der Waals surface area contributed by atoms with Gasteiger partial charge in [0, 0.05) is 10.1 Å². The first-order valence-corrected chi connectivity index (χ1v) is 6.65. The van der Waals surface area contributed by atoms with Crippen LogP contribution in [0.25, 0.3) is 0 Å². The van der Waals surface area contributed by atoms with Crippen LogP contribution in [0.3, 0.4) is 0 Å². The van der Waals surface area contributed by atoms with E-state index in [1.165, 1.54) is 0 Å². The lowest BCUT2D eigenvalue weighted by Gasteiger charge is -2.19. The van der Waals surface area contributed by atoms with E-state index in [0.29, 0.717) is 11.6 Å². The Morgan fingerprint density at radius 3 is 2.71 bits per heavy atom. The van der Waals surface area contributed by atoms with Crippen molar-refractivity contribution in [2.24, 2.45) is 0 Å². The van der Waals surface area contributed by atoms with Gasteiger partial charge >= 0.3 is 6.09 Å². The summed E-state index contributed by atoms with van der Waals surface area (Å²) in [6.45, 7) is 5.84. The van der Waals surface area contributed by atoms with Gasteiger partial charge in [-0.05, 0) is 55.0 Å². The minimum Gasteiger partial charge on any atom is -0.444 e. The van der Waals surface area contributed by atoms with E-state index >= 15 is 0 Å². The SMILES string of the molecule is CC(C)(C)OC(=O)NCc1cccc(I)c1Cl. The Bertz CT molecular complexity index is 415. The molecule has 0 aliphatic carbocycles. The van der Waals surface area contributed by atoms with E-state index in [-0.39, 0.29) is 0 Å². The summed E-state index contributed by atoms with van der Waals surface area (Å²) >= 11 is 8.26. The largest absolute Gasteiger partial charge is 0.444 e. The molecule has 0 heterocycles. The third-order valence-corrected chi connectivity index (χ3v) is 3.52. The van der Waals surface area contributed by atoms with Gasteiger partial charge in [0.05, 0.1) is 5.02 Å². The molecule has 1 rings (SSSR count). The minimum atomic E-state index is -0.487. The van der Waals surface area contributed by atoms with Crippen LogP contribution in [0.5, 0.6) is 0 Å². The molecule has 94 valence electrons. The molecule has 0 saturated carbocycles. The molecule has 0 aromatic heterocycles. The number of benzene rings is 1. The van der Waals surface area contributed by atoms with Crippen LogP contribution in [0, 0.1) is 3.57 Å². The molecule has 0 bridgehead atoms. The van der Waals surface area contributed by atoms with Crippen molar-refractivity contribution in [1.82, 2.24) is 5.32 Å². The van der Waals surface area contributed by atoms with E-state index in [4.69, 9.17) is 16.3 Å². The van der Waals surface area contributed by atoms with E-state index in [2.05, 4.69) is 27.9 Å². The molecule has 1 amide bonds. The molecular formula is C12H15ClINO2. The average molecular weight is 368 g/mol. The van der Waals surface area contributed by atoms with Gasteiger partial charge in [-0.15, -0.1) is 0 Å². The summed E-state index contributed by atoms with van der Waals surface area (Å²) in [6, 6.07) is 5.70. The average Bonchev–Trinajstić information content (AvgIpc) is 2.18. The molecule has 0 spiro atoms. The summed E-state index contributed by atoms with van der Waals surface area (Å²) in [5, 5.41) is 3.35. The zero-order valence-corrected chi connectivity index (χ0v) is 12.9. The smallest absolute Gasteiger partial charge is 0.407 e. The van der Waals surface area contributed by atoms with Gasteiger partial charge in [0.2, 0.25) is 0 Å². The molecule has 0 radical (unpaired) electrons. The standard InChI is InChI=1S/C12H15ClINO2/c1-12(2,3)17-11(16)15-7-8-5-4-6-9(14)10(8)13/h4-6H,7H2,1-3H3,(H,15,16). The third kappa shape index (κ3) is 5.12. The predicted molar refractivity (Wildman–Crippen MR) is 77.2 cm³/mol. The number of nitrogens with one attached hydrogen (secondary N) is 1. The highest BCUT2D eigenvalue weighted by molar-refractivity contribution is 14.1. The molecule has 1 N–H and O–H groups in total. The normalized spacial score (nSPS) is 11.1. The van der Waals surface area contributed by atoms with E-state index in [0.717, 1.165) is 9.13 Å². The molecule has 17 heavy (non-hydrogen) atoms. The Balaban J connectivity index is 2.56. The highest BCUT2D eigenvalue weighted by Gasteiger charge is 2.16. The Morgan fingerprint density at radius 2 is 2.12 bits per heavy atom. The van der Waals surface area contributed by atoms with Crippen LogP contribution in [-0.4, -0.2) is 11.7 Å². The van der Waals surface area contributed by atoms with Gasteiger partial charge in [-0.1, -0.05) is 23.7 Å².